The molecule has 3 N–H and O–H groups in total. The van der Waals surface area contributed by atoms with Crippen LogP contribution in [0.1, 0.15) is 34.2 Å². The van der Waals surface area contributed by atoms with Crippen molar-refractivity contribution in [2.24, 2.45) is 4.99 Å². The summed E-state index contributed by atoms with van der Waals surface area (Å²) in [5.41, 5.74) is 1.64. The molecule has 0 amide bonds. The first-order valence-electron chi connectivity index (χ1n) is 9.07. The first-order valence-corrected chi connectivity index (χ1v) is 9.88. The topological polar surface area (TPSA) is 78.8 Å². The molecule has 0 spiro atoms. The Hall–Kier alpha value is -1.53. The summed E-state index contributed by atoms with van der Waals surface area (Å²) < 4.78 is 28.7. The van der Waals surface area contributed by atoms with E-state index in [9.17, 15) is 13.9 Å². The summed E-state index contributed by atoms with van der Waals surface area (Å²) in [5, 5.41) is 17.7. The molecule has 1 aromatic heterocycles. The molecule has 0 radical (unpaired) electrons. The minimum atomic E-state index is -2.87. The average Bonchev–Trinajstić information content (AvgIpc) is 2.96. The summed E-state index contributed by atoms with van der Waals surface area (Å²) in [6.45, 7) is 4.63. The van der Waals surface area contributed by atoms with Crippen molar-refractivity contribution in [2.75, 3.05) is 19.6 Å². The molecule has 0 aliphatic rings. The molecule has 1 unspecified atom stereocenters. The highest BCUT2D eigenvalue weighted by atomic mass is 127. The summed E-state index contributed by atoms with van der Waals surface area (Å²) in [6.07, 6.45) is -0.00180. The van der Waals surface area contributed by atoms with Gasteiger partial charge in [0.05, 0.1) is 23.4 Å². The van der Waals surface area contributed by atoms with Gasteiger partial charge in [-0.15, -0.1) is 35.3 Å². The molecule has 2 aromatic rings. The predicted molar refractivity (Wildman–Crippen MR) is 123 cm³/mol. The number of halogens is 3. The second-order valence-corrected chi connectivity index (χ2v) is 7.39. The molecule has 6 nitrogen and oxygen atoms in total. The summed E-state index contributed by atoms with van der Waals surface area (Å²) in [5.74, 6) is 0.663. The fourth-order valence-electron chi connectivity index (χ4n) is 2.60. The van der Waals surface area contributed by atoms with E-state index in [-0.39, 0.29) is 36.3 Å². The van der Waals surface area contributed by atoms with Crippen LogP contribution in [0, 0.1) is 13.8 Å². The standard InChI is InChI=1S/C19H26F2N4O2S.HI/c1-4-22-19(23-10-9-17-12(2)25-13(3)28-17)24-11-16(26)14-5-7-15(8-6-14)27-18(20)21;/h5-8,16,18,26H,4,9-11H2,1-3H3,(H2,22,23,24);1H. The van der Waals surface area contributed by atoms with Crippen LogP contribution in [0.4, 0.5) is 8.78 Å². The normalized spacial score (nSPS) is 12.4. The molecule has 0 aliphatic carbocycles. The highest BCUT2D eigenvalue weighted by Gasteiger charge is 2.10. The number of alkyl halides is 2. The number of benzene rings is 1. The number of aliphatic hydroxyl groups excluding tert-OH is 1. The van der Waals surface area contributed by atoms with Gasteiger partial charge in [0, 0.05) is 24.4 Å². The quantitative estimate of drug-likeness (QED) is 0.256. The minimum Gasteiger partial charge on any atom is -0.435 e. The lowest BCUT2D eigenvalue weighted by Gasteiger charge is -2.13. The van der Waals surface area contributed by atoms with Crippen LogP contribution in [0.2, 0.25) is 0 Å². The van der Waals surface area contributed by atoms with Gasteiger partial charge in [-0.3, -0.25) is 4.99 Å². The number of guanidine groups is 1. The van der Waals surface area contributed by atoms with E-state index in [0.717, 1.165) is 17.1 Å². The number of thiazole rings is 1. The maximum absolute atomic E-state index is 12.2. The summed E-state index contributed by atoms with van der Waals surface area (Å²) in [7, 11) is 0. The van der Waals surface area contributed by atoms with Gasteiger partial charge in [-0.2, -0.15) is 8.78 Å². The van der Waals surface area contributed by atoms with Crippen LogP contribution in [0.3, 0.4) is 0 Å². The van der Waals surface area contributed by atoms with Crippen molar-refractivity contribution < 1.29 is 18.6 Å². The zero-order valence-electron chi connectivity index (χ0n) is 16.6. The molecule has 10 heteroatoms. The van der Waals surface area contributed by atoms with Gasteiger partial charge in [0.2, 0.25) is 0 Å². The molecule has 0 saturated carbocycles. The highest BCUT2D eigenvalue weighted by molar-refractivity contribution is 14.0. The number of aryl methyl sites for hydroxylation is 2. The number of nitrogens with one attached hydrogen (secondary N) is 2. The van der Waals surface area contributed by atoms with E-state index in [4.69, 9.17) is 0 Å². The van der Waals surface area contributed by atoms with Crippen LogP contribution in [0.25, 0.3) is 0 Å². The van der Waals surface area contributed by atoms with Gasteiger partial charge in [0.1, 0.15) is 5.75 Å². The van der Waals surface area contributed by atoms with Crippen molar-refractivity contribution in [3.63, 3.8) is 0 Å². The maximum atomic E-state index is 12.2. The lowest BCUT2D eigenvalue weighted by Crippen LogP contribution is -2.38. The van der Waals surface area contributed by atoms with Gasteiger partial charge < -0.3 is 20.5 Å². The summed E-state index contributed by atoms with van der Waals surface area (Å²) in [6, 6.07) is 5.90. The van der Waals surface area contributed by atoms with E-state index in [1.165, 1.54) is 17.0 Å². The number of ether oxygens (including phenoxy) is 1. The number of nitrogens with zero attached hydrogens (tertiary/aromatic N) is 2. The van der Waals surface area contributed by atoms with Gasteiger partial charge in [-0.1, -0.05) is 12.1 Å². The Morgan fingerprint density at radius 3 is 2.48 bits per heavy atom. The molecule has 0 fully saturated rings. The van der Waals surface area contributed by atoms with Crippen molar-refractivity contribution in [3.8, 4) is 5.75 Å². The third-order valence-corrected chi connectivity index (χ3v) is 5.03. The van der Waals surface area contributed by atoms with Crippen LogP contribution >= 0.6 is 35.3 Å². The molecule has 1 heterocycles. The molecule has 0 bridgehead atoms. The Balaban J connectivity index is 0.00000420. The molecule has 29 heavy (non-hydrogen) atoms. The van der Waals surface area contributed by atoms with Crippen LogP contribution in [-0.4, -0.2) is 42.3 Å². The molecule has 2 rings (SSSR count). The van der Waals surface area contributed by atoms with Crippen LogP contribution in [0.5, 0.6) is 5.75 Å². The Bertz CT molecular complexity index is 772. The maximum Gasteiger partial charge on any atom is 0.387 e. The van der Waals surface area contributed by atoms with Gasteiger partial charge >= 0.3 is 6.61 Å². The van der Waals surface area contributed by atoms with Gasteiger partial charge in [-0.05, 0) is 38.5 Å². The predicted octanol–water partition coefficient (Wildman–Crippen LogP) is 3.81. The molecule has 1 aromatic carbocycles. The van der Waals surface area contributed by atoms with Crippen molar-refractivity contribution in [1.29, 1.82) is 0 Å². The Kier molecular flexibility index (Phi) is 11.4. The molecule has 162 valence electrons. The van der Waals surface area contributed by atoms with E-state index >= 15 is 0 Å². The first-order chi connectivity index (χ1) is 13.4. The molecule has 1 atom stereocenters. The average molecular weight is 540 g/mol. The molecular formula is C19H27F2IN4O2S. The van der Waals surface area contributed by atoms with Crippen molar-refractivity contribution in [3.05, 3.63) is 45.4 Å². The molecule has 0 aliphatic heterocycles. The number of aliphatic hydroxyl groups is 1. The third kappa shape index (κ3) is 8.79. The molecular weight excluding hydrogens is 513 g/mol. The second-order valence-electron chi connectivity index (χ2n) is 6.10. The monoisotopic (exact) mass is 540 g/mol. The zero-order valence-corrected chi connectivity index (χ0v) is 19.8. The number of rotatable bonds is 9. The fourth-order valence-corrected chi connectivity index (χ4v) is 3.53. The van der Waals surface area contributed by atoms with Gasteiger partial charge in [0.25, 0.3) is 0 Å². The Labute approximate surface area is 190 Å². The van der Waals surface area contributed by atoms with E-state index in [1.807, 2.05) is 20.8 Å². The first kappa shape index (κ1) is 25.5. The van der Waals surface area contributed by atoms with Crippen molar-refractivity contribution in [2.45, 2.75) is 39.9 Å². The number of hydrogen-bond acceptors (Lipinski definition) is 5. The number of hydrogen-bond donors (Lipinski definition) is 3. The summed E-state index contributed by atoms with van der Waals surface area (Å²) in [4.78, 5) is 10.1. The van der Waals surface area contributed by atoms with Gasteiger partial charge in [0.15, 0.2) is 5.96 Å². The van der Waals surface area contributed by atoms with Crippen molar-refractivity contribution >= 4 is 41.3 Å². The zero-order chi connectivity index (χ0) is 20.5. The van der Waals surface area contributed by atoms with Crippen LogP contribution in [-0.2, 0) is 6.42 Å². The van der Waals surface area contributed by atoms with Gasteiger partial charge in [-0.25, -0.2) is 4.98 Å². The minimum absolute atomic E-state index is 0. The van der Waals surface area contributed by atoms with E-state index in [1.54, 1.807) is 23.5 Å². The smallest absolute Gasteiger partial charge is 0.387 e. The SMILES string of the molecule is CCNC(=NCC(O)c1ccc(OC(F)F)cc1)NCCc1sc(C)nc1C.I. The Morgan fingerprint density at radius 1 is 1.24 bits per heavy atom. The van der Waals surface area contributed by atoms with Crippen molar-refractivity contribution in [1.82, 2.24) is 15.6 Å². The third-order valence-electron chi connectivity index (χ3n) is 3.90. The fraction of sp³-hybridized carbons (Fsp3) is 0.474. The lowest BCUT2D eigenvalue weighted by atomic mass is 10.1. The van der Waals surface area contributed by atoms with E-state index in [0.29, 0.717) is 24.6 Å². The largest absolute Gasteiger partial charge is 0.435 e. The molecule has 0 saturated heterocycles. The lowest BCUT2D eigenvalue weighted by molar-refractivity contribution is -0.0498. The number of aliphatic imine (C=N–C) groups is 1. The van der Waals surface area contributed by atoms with E-state index in [2.05, 4.69) is 25.3 Å². The number of aromatic nitrogens is 1. The highest BCUT2D eigenvalue weighted by Crippen LogP contribution is 2.20. The summed E-state index contributed by atoms with van der Waals surface area (Å²) >= 11 is 1.69. The second kappa shape index (κ2) is 12.9. The van der Waals surface area contributed by atoms with Crippen LogP contribution < -0.4 is 15.4 Å². The van der Waals surface area contributed by atoms with Crippen LogP contribution in [0.15, 0.2) is 29.3 Å². The Morgan fingerprint density at radius 2 is 1.93 bits per heavy atom. The van der Waals surface area contributed by atoms with E-state index < -0.39 is 12.7 Å².